The van der Waals surface area contributed by atoms with Gasteiger partial charge in [-0.05, 0) is 89.9 Å². The smallest absolute Gasteiger partial charge is 0.305 e. The summed E-state index contributed by atoms with van der Waals surface area (Å²) < 4.78 is 5.46. The van der Waals surface area contributed by atoms with Gasteiger partial charge in [0.15, 0.2) is 0 Å². The Hall–Kier alpha value is -2.18. The summed E-state index contributed by atoms with van der Waals surface area (Å²) in [6, 6.07) is -0.634. The SMILES string of the molecule is CCCCCCC/C=C\CCCCCCCC(=O)OCCCCCCCCCCC/C=C\C/C=C\CCCCCCCCCC(=O)NC(CO)C(O)/C=C/CCCCCCCCC. The highest BCUT2D eigenvalue weighted by atomic mass is 16.5. The fourth-order valence-electron chi connectivity index (χ4n) is 8.07. The lowest BCUT2D eigenvalue weighted by Crippen LogP contribution is -2.45. The number of aliphatic hydroxyl groups excluding tert-OH is 2. The van der Waals surface area contributed by atoms with E-state index in [2.05, 4.69) is 55.6 Å². The molecule has 0 aromatic rings. The number of amides is 1. The van der Waals surface area contributed by atoms with Crippen LogP contribution in [0.5, 0.6) is 0 Å². The van der Waals surface area contributed by atoms with Crippen molar-refractivity contribution in [2.75, 3.05) is 13.2 Å². The maximum Gasteiger partial charge on any atom is 0.305 e. The molecule has 6 nitrogen and oxygen atoms in total. The van der Waals surface area contributed by atoms with Crippen LogP contribution in [-0.4, -0.2) is 47.4 Å². The topological polar surface area (TPSA) is 95.9 Å². The van der Waals surface area contributed by atoms with Gasteiger partial charge in [0.25, 0.3) is 0 Å². The number of rotatable bonds is 50. The summed E-state index contributed by atoms with van der Waals surface area (Å²) in [4.78, 5) is 24.4. The first-order chi connectivity index (χ1) is 31.0. The standard InChI is InChI=1S/C57H105NO5/c1-3-5-7-9-11-13-14-15-28-31-35-39-43-47-51-57(62)63-52-48-44-40-36-32-29-26-24-22-20-18-16-17-19-21-23-25-27-30-34-38-42-46-50-56(61)58-54(53-59)55(60)49-45-41-37-33-12-10-8-6-4-2/h14-16,18-19,21,45,49,54-55,59-60H,3-13,17,20,22-44,46-48,50-53H2,1-2H3,(H,58,61)/b15-14-,18-16-,21-19-,49-45+. The van der Waals surface area contributed by atoms with Crippen molar-refractivity contribution in [1.82, 2.24) is 5.32 Å². The molecule has 368 valence electrons. The number of ether oxygens (including phenoxy) is 1. The van der Waals surface area contributed by atoms with Gasteiger partial charge in [-0.3, -0.25) is 9.59 Å². The monoisotopic (exact) mass is 884 g/mol. The van der Waals surface area contributed by atoms with Crippen LogP contribution in [-0.2, 0) is 14.3 Å². The van der Waals surface area contributed by atoms with E-state index in [9.17, 15) is 19.8 Å². The molecule has 0 spiro atoms. The van der Waals surface area contributed by atoms with E-state index in [0.29, 0.717) is 19.4 Å². The van der Waals surface area contributed by atoms with Gasteiger partial charge in [0.2, 0.25) is 5.91 Å². The highest BCUT2D eigenvalue weighted by Crippen LogP contribution is 2.15. The summed E-state index contributed by atoms with van der Waals surface area (Å²) in [6.45, 7) is 4.84. The summed E-state index contributed by atoms with van der Waals surface area (Å²) >= 11 is 0. The summed E-state index contributed by atoms with van der Waals surface area (Å²) in [5, 5.41) is 22.9. The van der Waals surface area contributed by atoms with Crippen molar-refractivity contribution in [3.63, 3.8) is 0 Å². The number of hydrogen-bond acceptors (Lipinski definition) is 5. The highest BCUT2D eigenvalue weighted by molar-refractivity contribution is 5.76. The lowest BCUT2D eigenvalue weighted by Gasteiger charge is -2.20. The molecule has 0 fully saturated rings. The number of nitrogens with one attached hydrogen (secondary N) is 1. The van der Waals surface area contributed by atoms with Crippen molar-refractivity contribution in [3.05, 3.63) is 48.6 Å². The molecule has 2 atom stereocenters. The number of unbranched alkanes of at least 4 members (excludes halogenated alkanes) is 33. The maximum absolute atomic E-state index is 12.4. The van der Waals surface area contributed by atoms with Gasteiger partial charge in [-0.15, -0.1) is 0 Å². The Labute approximate surface area is 391 Å². The van der Waals surface area contributed by atoms with E-state index in [1.807, 2.05) is 6.08 Å². The highest BCUT2D eigenvalue weighted by Gasteiger charge is 2.18. The minimum Gasteiger partial charge on any atom is -0.466 e. The zero-order valence-corrected chi connectivity index (χ0v) is 41.8. The zero-order valence-electron chi connectivity index (χ0n) is 41.8. The van der Waals surface area contributed by atoms with Crippen LogP contribution in [0.1, 0.15) is 277 Å². The number of allylic oxidation sites excluding steroid dienone is 7. The van der Waals surface area contributed by atoms with E-state index in [-0.39, 0.29) is 18.5 Å². The molecule has 6 heteroatoms. The fourth-order valence-corrected chi connectivity index (χ4v) is 8.07. The Kier molecular flexibility index (Phi) is 50.6. The van der Waals surface area contributed by atoms with Crippen molar-refractivity contribution in [2.24, 2.45) is 0 Å². The van der Waals surface area contributed by atoms with Crippen LogP contribution in [0.3, 0.4) is 0 Å². The number of aliphatic hydroxyl groups is 2. The summed E-state index contributed by atoms with van der Waals surface area (Å²) in [7, 11) is 0. The first-order valence-electron chi connectivity index (χ1n) is 27.4. The molecule has 0 bridgehead atoms. The Morgan fingerprint density at radius 2 is 0.794 bits per heavy atom. The third kappa shape index (κ3) is 49.1. The van der Waals surface area contributed by atoms with Crippen molar-refractivity contribution in [1.29, 1.82) is 0 Å². The van der Waals surface area contributed by atoms with Crippen LogP contribution in [0.25, 0.3) is 0 Å². The van der Waals surface area contributed by atoms with E-state index in [4.69, 9.17) is 4.74 Å². The quantitative estimate of drug-likeness (QED) is 0.0321. The zero-order chi connectivity index (χ0) is 45.8. The molecule has 0 aliphatic carbocycles. The first kappa shape index (κ1) is 60.8. The van der Waals surface area contributed by atoms with Gasteiger partial charge in [-0.1, -0.05) is 223 Å². The minimum atomic E-state index is -0.849. The molecule has 1 amide bonds. The molecule has 0 aromatic carbocycles. The van der Waals surface area contributed by atoms with Gasteiger partial charge in [0.1, 0.15) is 0 Å². The van der Waals surface area contributed by atoms with Gasteiger partial charge in [0, 0.05) is 12.8 Å². The Bertz CT molecular complexity index is 1070. The van der Waals surface area contributed by atoms with Crippen LogP contribution in [0.4, 0.5) is 0 Å². The Morgan fingerprint density at radius 1 is 0.444 bits per heavy atom. The second-order valence-electron chi connectivity index (χ2n) is 18.5. The Balaban J connectivity index is 3.45. The van der Waals surface area contributed by atoms with Crippen molar-refractivity contribution in [3.8, 4) is 0 Å². The van der Waals surface area contributed by atoms with Gasteiger partial charge >= 0.3 is 5.97 Å². The molecular formula is C57H105NO5. The van der Waals surface area contributed by atoms with E-state index in [0.717, 1.165) is 64.2 Å². The largest absolute Gasteiger partial charge is 0.466 e. The normalized spacial score (nSPS) is 13.0. The molecule has 0 aliphatic heterocycles. The summed E-state index contributed by atoms with van der Waals surface area (Å²) in [5.74, 6) is -0.0853. The van der Waals surface area contributed by atoms with E-state index < -0.39 is 12.1 Å². The van der Waals surface area contributed by atoms with Crippen molar-refractivity contribution < 1.29 is 24.5 Å². The second kappa shape index (κ2) is 52.4. The van der Waals surface area contributed by atoms with Crippen LogP contribution in [0.2, 0.25) is 0 Å². The molecule has 2 unspecified atom stereocenters. The molecular weight excluding hydrogens is 779 g/mol. The molecule has 63 heavy (non-hydrogen) atoms. The summed E-state index contributed by atoms with van der Waals surface area (Å²) in [6.07, 6.45) is 65.6. The molecule has 0 aromatic heterocycles. The maximum atomic E-state index is 12.4. The van der Waals surface area contributed by atoms with Gasteiger partial charge in [0.05, 0.1) is 25.4 Å². The Morgan fingerprint density at radius 3 is 1.22 bits per heavy atom. The molecule has 0 saturated heterocycles. The lowest BCUT2D eigenvalue weighted by atomic mass is 10.1. The van der Waals surface area contributed by atoms with Gasteiger partial charge in [-0.2, -0.15) is 0 Å². The molecule has 3 N–H and O–H groups in total. The van der Waals surface area contributed by atoms with E-state index >= 15 is 0 Å². The third-order valence-electron chi connectivity index (χ3n) is 12.3. The predicted octanol–water partition coefficient (Wildman–Crippen LogP) is 16.6. The number of carbonyl (C=O) groups is 2. The lowest BCUT2D eigenvalue weighted by molar-refractivity contribution is -0.143. The molecule has 0 heterocycles. The molecule has 0 radical (unpaired) electrons. The van der Waals surface area contributed by atoms with Gasteiger partial charge < -0.3 is 20.3 Å². The predicted molar refractivity (Wildman–Crippen MR) is 273 cm³/mol. The first-order valence-corrected chi connectivity index (χ1v) is 27.4. The number of hydrogen-bond donors (Lipinski definition) is 3. The van der Waals surface area contributed by atoms with Crippen molar-refractivity contribution in [2.45, 2.75) is 289 Å². The summed E-state index contributed by atoms with van der Waals surface area (Å²) in [5.41, 5.74) is 0. The molecule has 0 rings (SSSR count). The average molecular weight is 884 g/mol. The minimum absolute atomic E-state index is 0.00299. The van der Waals surface area contributed by atoms with Crippen LogP contribution >= 0.6 is 0 Å². The molecule has 0 aliphatic rings. The fraction of sp³-hybridized carbons (Fsp3) is 0.825. The number of carbonyl (C=O) groups excluding carboxylic acids is 2. The van der Waals surface area contributed by atoms with Crippen LogP contribution in [0.15, 0.2) is 48.6 Å². The number of esters is 1. The molecule has 0 saturated carbocycles. The van der Waals surface area contributed by atoms with Crippen molar-refractivity contribution >= 4 is 11.9 Å². The third-order valence-corrected chi connectivity index (χ3v) is 12.3. The average Bonchev–Trinajstić information content (AvgIpc) is 3.28. The van der Waals surface area contributed by atoms with Crippen LogP contribution in [0, 0.1) is 0 Å². The van der Waals surface area contributed by atoms with Gasteiger partial charge in [-0.25, -0.2) is 0 Å². The second-order valence-corrected chi connectivity index (χ2v) is 18.5. The van der Waals surface area contributed by atoms with E-state index in [1.165, 1.54) is 186 Å². The van der Waals surface area contributed by atoms with Crippen LogP contribution < -0.4 is 5.32 Å². The van der Waals surface area contributed by atoms with E-state index in [1.54, 1.807) is 6.08 Å².